The molecule has 0 saturated carbocycles. The number of sulfonamides is 1. The van der Waals surface area contributed by atoms with Gasteiger partial charge >= 0.3 is 6.18 Å². The van der Waals surface area contributed by atoms with Crippen LogP contribution in [0.4, 0.5) is 24.5 Å². The molecule has 12 heteroatoms. The van der Waals surface area contributed by atoms with E-state index in [-0.39, 0.29) is 22.4 Å². The summed E-state index contributed by atoms with van der Waals surface area (Å²) in [7, 11) is -4.18. The van der Waals surface area contributed by atoms with Crippen molar-refractivity contribution in [1.29, 1.82) is 0 Å². The zero-order valence-electron chi connectivity index (χ0n) is 19.9. The van der Waals surface area contributed by atoms with Crippen molar-refractivity contribution in [2.24, 2.45) is 5.92 Å². The van der Waals surface area contributed by atoms with Gasteiger partial charge in [-0.1, -0.05) is 35.3 Å². The van der Waals surface area contributed by atoms with Crippen LogP contribution >= 0.6 is 23.2 Å². The first kappa shape index (κ1) is 28.2. The van der Waals surface area contributed by atoms with E-state index in [2.05, 4.69) is 14.9 Å². The number of carbonyl (C=O) groups is 1. The van der Waals surface area contributed by atoms with Crippen LogP contribution in [-0.2, 0) is 27.5 Å². The number of benzene rings is 3. The van der Waals surface area contributed by atoms with E-state index in [1.165, 1.54) is 24.3 Å². The number of halogens is 5. The highest BCUT2D eigenvalue weighted by Crippen LogP contribution is 2.36. The lowest BCUT2D eigenvalue weighted by Gasteiger charge is -2.31. The van der Waals surface area contributed by atoms with Crippen molar-refractivity contribution in [3.05, 3.63) is 87.9 Å². The largest absolute Gasteiger partial charge is 0.417 e. The van der Waals surface area contributed by atoms with E-state index >= 15 is 0 Å². The van der Waals surface area contributed by atoms with E-state index in [0.717, 1.165) is 37.3 Å². The Kier molecular flexibility index (Phi) is 8.56. The number of rotatable bonds is 7. The van der Waals surface area contributed by atoms with Crippen LogP contribution in [0, 0.1) is 5.92 Å². The first-order valence-electron chi connectivity index (χ1n) is 11.7. The number of nitrogens with one attached hydrogen (secondary N) is 2. The summed E-state index contributed by atoms with van der Waals surface area (Å²) in [6, 6.07) is 15.8. The Morgan fingerprint density at radius 1 is 0.947 bits per heavy atom. The zero-order chi connectivity index (χ0) is 27.5. The van der Waals surface area contributed by atoms with Crippen LogP contribution in [0.15, 0.2) is 71.6 Å². The fraction of sp³-hybridized carbons (Fsp3) is 0.269. The minimum atomic E-state index is -4.73. The number of hydrogen-bond acceptors (Lipinski definition) is 4. The molecule has 3 aromatic rings. The van der Waals surface area contributed by atoms with Gasteiger partial charge in [0.05, 0.1) is 15.5 Å². The van der Waals surface area contributed by atoms with Gasteiger partial charge in [0, 0.05) is 28.9 Å². The third kappa shape index (κ3) is 7.19. The van der Waals surface area contributed by atoms with Crippen LogP contribution in [0.2, 0.25) is 10.0 Å². The molecule has 1 aliphatic heterocycles. The molecule has 1 fully saturated rings. The number of amides is 1. The summed E-state index contributed by atoms with van der Waals surface area (Å²) in [6.45, 7) is 2.27. The van der Waals surface area contributed by atoms with E-state index in [1.807, 2.05) is 24.3 Å². The number of nitrogens with zero attached hydrogens (tertiary/aromatic N) is 1. The lowest BCUT2D eigenvalue weighted by molar-refractivity contribution is -0.137. The van der Waals surface area contributed by atoms with Crippen LogP contribution in [0.3, 0.4) is 0 Å². The molecule has 3 aromatic carbocycles. The second kappa shape index (κ2) is 11.5. The van der Waals surface area contributed by atoms with Crippen LogP contribution in [0.25, 0.3) is 0 Å². The molecule has 1 heterocycles. The lowest BCUT2D eigenvalue weighted by atomic mass is 9.95. The third-order valence-corrected chi connectivity index (χ3v) is 8.17. The van der Waals surface area contributed by atoms with Crippen molar-refractivity contribution >= 4 is 50.5 Å². The molecule has 6 nitrogen and oxygen atoms in total. The molecule has 0 spiro atoms. The second-order valence-electron chi connectivity index (χ2n) is 8.99. The first-order valence-corrected chi connectivity index (χ1v) is 13.9. The predicted octanol–water partition coefficient (Wildman–Crippen LogP) is 6.66. The van der Waals surface area contributed by atoms with E-state index in [0.29, 0.717) is 29.6 Å². The molecule has 0 aliphatic carbocycles. The number of likely N-dealkylation sites (tertiary alicyclic amines) is 1. The molecule has 2 N–H and O–H groups in total. The first-order chi connectivity index (χ1) is 17.9. The SMILES string of the molecule is O=C(Nc1ccc(S(=O)(=O)Nc2ccc(Cl)c(C(F)(F)F)c2)cc1)C1CCN(Cc2cccc(Cl)c2)CC1. The van der Waals surface area contributed by atoms with Crippen molar-refractivity contribution in [2.75, 3.05) is 23.1 Å². The zero-order valence-corrected chi connectivity index (χ0v) is 22.3. The standard InChI is InChI=1S/C26H24Cl2F3N3O3S/c27-19-3-1-2-17(14-19)16-34-12-10-18(11-13-34)25(35)32-20-4-7-22(8-5-20)38(36,37)33-21-6-9-24(28)23(15-21)26(29,30)31/h1-9,14-15,18,33H,10-13,16H2,(H,32,35). The van der Waals surface area contributed by atoms with Gasteiger partial charge in [-0.3, -0.25) is 14.4 Å². The molecule has 202 valence electrons. The highest BCUT2D eigenvalue weighted by atomic mass is 35.5. The fourth-order valence-electron chi connectivity index (χ4n) is 4.23. The normalized spacial score (nSPS) is 15.3. The van der Waals surface area contributed by atoms with Crippen molar-refractivity contribution in [2.45, 2.75) is 30.5 Å². The number of hydrogen-bond donors (Lipinski definition) is 2. The number of carbonyl (C=O) groups excluding carboxylic acids is 1. The van der Waals surface area contributed by atoms with Crippen molar-refractivity contribution in [3.8, 4) is 0 Å². The van der Waals surface area contributed by atoms with Gasteiger partial charge in [-0.2, -0.15) is 13.2 Å². The summed E-state index contributed by atoms with van der Waals surface area (Å²) in [5.41, 5.74) is 0.108. The van der Waals surface area contributed by atoms with Crippen molar-refractivity contribution in [1.82, 2.24) is 4.90 Å². The molecule has 0 radical (unpaired) electrons. The quantitative estimate of drug-likeness (QED) is 0.325. The van der Waals surface area contributed by atoms with E-state index in [4.69, 9.17) is 23.2 Å². The maximum absolute atomic E-state index is 13.1. The fourth-order valence-corrected chi connectivity index (χ4v) is 5.72. The Hall–Kier alpha value is -2.79. The third-order valence-electron chi connectivity index (χ3n) is 6.21. The van der Waals surface area contributed by atoms with Gasteiger partial charge in [-0.05, 0) is 86.1 Å². The summed E-state index contributed by atoms with van der Waals surface area (Å²) < 4.78 is 66.8. The van der Waals surface area contributed by atoms with Gasteiger partial charge in [-0.25, -0.2) is 8.42 Å². The van der Waals surface area contributed by atoms with Crippen LogP contribution in [0.1, 0.15) is 24.0 Å². The number of alkyl halides is 3. The Morgan fingerprint density at radius 3 is 2.24 bits per heavy atom. The topological polar surface area (TPSA) is 78.5 Å². The Balaban J connectivity index is 1.33. The average Bonchev–Trinajstić information content (AvgIpc) is 2.85. The van der Waals surface area contributed by atoms with E-state index in [1.54, 1.807) is 0 Å². The van der Waals surface area contributed by atoms with Gasteiger partial charge in [0.15, 0.2) is 0 Å². The lowest BCUT2D eigenvalue weighted by Crippen LogP contribution is -2.37. The Morgan fingerprint density at radius 2 is 1.61 bits per heavy atom. The molecule has 0 aromatic heterocycles. The second-order valence-corrected chi connectivity index (χ2v) is 11.5. The molecule has 0 unspecified atom stereocenters. The molecular weight excluding hydrogens is 562 g/mol. The molecule has 0 atom stereocenters. The number of piperidine rings is 1. The summed E-state index contributed by atoms with van der Waals surface area (Å²) in [6.07, 6.45) is -3.36. The summed E-state index contributed by atoms with van der Waals surface area (Å²) in [5, 5.41) is 2.96. The van der Waals surface area contributed by atoms with Gasteiger partial charge < -0.3 is 5.32 Å². The highest BCUT2D eigenvalue weighted by molar-refractivity contribution is 7.92. The van der Waals surface area contributed by atoms with Crippen LogP contribution in [0.5, 0.6) is 0 Å². The van der Waals surface area contributed by atoms with Gasteiger partial charge in [-0.15, -0.1) is 0 Å². The molecule has 4 rings (SSSR count). The summed E-state index contributed by atoms with van der Waals surface area (Å²) in [4.78, 5) is 14.9. The smallest absolute Gasteiger partial charge is 0.326 e. The van der Waals surface area contributed by atoms with Crippen molar-refractivity contribution < 1.29 is 26.4 Å². The maximum Gasteiger partial charge on any atom is 0.417 e. The van der Waals surface area contributed by atoms with E-state index in [9.17, 15) is 26.4 Å². The molecule has 1 amide bonds. The van der Waals surface area contributed by atoms with Gasteiger partial charge in [0.2, 0.25) is 5.91 Å². The average molecular weight is 586 g/mol. The van der Waals surface area contributed by atoms with Crippen LogP contribution < -0.4 is 10.0 Å². The molecule has 0 bridgehead atoms. The Bertz CT molecular complexity index is 1410. The highest BCUT2D eigenvalue weighted by Gasteiger charge is 2.33. The van der Waals surface area contributed by atoms with Crippen molar-refractivity contribution in [3.63, 3.8) is 0 Å². The molecule has 1 aliphatic rings. The Labute approximate surface area is 228 Å². The summed E-state index contributed by atoms with van der Waals surface area (Å²) in [5.74, 6) is -0.328. The minimum absolute atomic E-state index is 0.151. The molecule has 1 saturated heterocycles. The monoisotopic (exact) mass is 585 g/mol. The van der Waals surface area contributed by atoms with Crippen LogP contribution in [-0.4, -0.2) is 32.3 Å². The maximum atomic E-state index is 13.1. The van der Waals surface area contributed by atoms with Gasteiger partial charge in [0.25, 0.3) is 10.0 Å². The van der Waals surface area contributed by atoms with Gasteiger partial charge in [0.1, 0.15) is 0 Å². The minimum Gasteiger partial charge on any atom is -0.326 e. The molecular formula is C26H24Cl2F3N3O3S. The predicted molar refractivity (Wildman–Crippen MR) is 142 cm³/mol. The summed E-state index contributed by atoms with van der Waals surface area (Å²) >= 11 is 11.6. The number of anilines is 2. The molecule has 38 heavy (non-hydrogen) atoms. The van der Waals surface area contributed by atoms with E-state index < -0.39 is 26.8 Å².